The Labute approximate surface area is 104 Å². The van der Waals surface area contributed by atoms with Crippen LogP contribution in [0.3, 0.4) is 0 Å². The molecule has 0 amide bonds. The molecule has 0 radical (unpaired) electrons. The van der Waals surface area contributed by atoms with Crippen LogP contribution < -0.4 is 10.1 Å². The van der Waals surface area contributed by atoms with E-state index in [-0.39, 0.29) is 0 Å². The Balaban J connectivity index is 2.13. The van der Waals surface area contributed by atoms with Crippen molar-refractivity contribution in [3.05, 3.63) is 24.3 Å². The molecule has 0 aromatic heterocycles. The highest BCUT2D eigenvalue weighted by atomic mass is 16.5. The zero-order valence-electron chi connectivity index (χ0n) is 11.1. The van der Waals surface area contributed by atoms with Crippen molar-refractivity contribution in [3.63, 3.8) is 0 Å². The first kappa shape index (κ1) is 12.3. The number of hydrogen-bond acceptors (Lipinski definition) is 2. The lowest BCUT2D eigenvalue weighted by molar-refractivity contribution is 0.267. The summed E-state index contributed by atoms with van der Waals surface area (Å²) in [6, 6.07) is 8.76. The second-order valence-electron chi connectivity index (χ2n) is 5.26. The van der Waals surface area contributed by atoms with Gasteiger partial charge in [-0.15, -0.1) is 0 Å². The van der Waals surface area contributed by atoms with E-state index >= 15 is 0 Å². The Morgan fingerprint density at radius 3 is 2.41 bits per heavy atom. The van der Waals surface area contributed by atoms with Gasteiger partial charge in [0.25, 0.3) is 0 Å². The predicted molar refractivity (Wildman–Crippen MR) is 72.6 cm³/mol. The van der Waals surface area contributed by atoms with E-state index in [0.29, 0.717) is 6.04 Å². The van der Waals surface area contributed by atoms with Crippen LogP contribution in [0.15, 0.2) is 24.3 Å². The van der Waals surface area contributed by atoms with Crippen LogP contribution in [0.25, 0.3) is 0 Å². The average Bonchev–Trinajstić information content (AvgIpc) is 2.34. The molecule has 0 aliphatic heterocycles. The lowest BCUT2D eigenvalue weighted by atomic mass is 9.78. The van der Waals surface area contributed by atoms with Crippen LogP contribution in [0, 0.1) is 11.8 Å². The van der Waals surface area contributed by atoms with Gasteiger partial charge in [-0.25, -0.2) is 0 Å². The van der Waals surface area contributed by atoms with Crippen LogP contribution in [0.2, 0.25) is 0 Å². The van der Waals surface area contributed by atoms with E-state index in [1.165, 1.54) is 19.3 Å². The maximum atomic E-state index is 5.39. The third-order valence-corrected chi connectivity index (χ3v) is 3.97. The Morgan fingerprint density at radius 1 is 1.12 bits per heavy atom. The second kappa shape index (κ2) is 5.44. The maximum Gasteiger partial charge on any atom is 0.141 e. The first-order chi connectivity index (χ1) is 8.22. The number of anilines is 1. The van der Waals surface area contributed by atoms with E-state index in [4.69, 9.17) is 4.74 Å². The Bertz CT molecular complexity index is 354. The molecule has 2 rings (SSSR count). The van der Waals surface area contributed by atoms with Crippen molar-refractivity contribution in [2.24, 2.45) is 11.8 Å². The summed E-state index contributed by atoms with van der Waals surface area (Å²) in [6.07, 6.45) is 4.03. The molecule has 1 aliphatic rings. The monoisotopic (exact) mass is 233 g/mol. The largest absolute Gasteiger partial charge is 0.495 e. The first-order valence-corrected chi connectivity index (χ1v) is 6.62. The van der Waals surface area contributed by atoms with Crippen molar-refractivity contribution in [1.29, 1.82) is 0 Å². The van der Waals surface area contributed by atoms with Crippen molar-refractivity contribution < 1.29 is 4.74 Å². The van der Waals surface area contributed by atoms with Crippen molar-refractivity contribution in [1.82, 2.24) is 0 Å². The summed E-state index contributed by atoms with van der Waals surface area (Å²) in [5.74, 6) is 2.42. The molecule has 2 unspecified atom stereocenters. The minimum atomic E-state index is 0.569. The van der Waals surface area contributed by atoms with E-state index in [2.05, 4.69) is 31.3 Å². The van der Waals surface area contributed by atoms with Crippen molar-refractivity contribution in [2.75, 3.05) is 12.4 Å². The van der Waals surface area contributed by atoms with Gasteiger partial charge in [-0.2, -0.15) is 0 Å². The van der Waals surface area contributed by atoms with Gasteiger partial charge < -0.3 is 10.1 Å². The fourth-order valence-corrected chi connectivity index (χ4v) is 2.91. The van der Waals surface area contributed by atoms with Crippen LogP contribution in [0.1, 0.15) is 33.1 Å². The van der Waals surface area contributed by atoms with E-state index in [9.17, 15) is 0 Å². The zero-order chi connectivity index (χ0) is 12.3. The molecule has 1 aliphatic carbocycles. The number of methoxy groups -OCH3 is 1. The molecule has 0 spiro atoms. The molecular weight excluding hydrogens is 210 g/mol. The van der Waals surface area contributed by atoms with Crippen LogP contribution in [-0.2, 0) is 0 Å². The fraction of sp³-hybridized carbons (Fsp3) is 0.600. The molecule has 2 heteroatoms. The van der Waals surface area contributed by atoms with Gasteiger partial charge in [0.05, 0.1) is 12.8 Å². The van der Waals surface area contributed by atoms with Crippen molar-refractivity contribution >= 4 is 5.69 Å². The lowest BCUT2D eigenvalue weighted by Crippen LogP contribution is -2.37. The van der Waals surface area contributed by atoms with E-state index < -0.39 is 0 Å². The lowest BCUT2D eigenvalue weighted by Gasteiger charge is -2.36. The maximum absolute atomic E-state index is 5.39. The Morgan fingerprint density at radius 2 is 1.76 bits per heavy atom. The molecule has 1 saturated carbocycles. The SMILES string of the molecule is COc1ccccc1NC1C(C)CCCC1C. The number of nitrogens with one attached hydrogen (secondary N) is 1. The summed E-state index contributed by atoms with van der Waals surface area (Å²) in [5, 5.41) is 3.67. The van der Waals surface area contributed by atoms with Crippen LogP contribution >= 0.6 is 0 Å². The topological polar surface area (TPSA) is 21.3 Å². The average molecular weight is 233 g/mol. The molecule has 2 atom stereocenters. The number of para-hydroxylation sites is 2. The summed E-state index contributed by atoms with van der Waals surface area (Å²) in [6.45, 7) is 4.70. The van der Waals surface area contributed by atoms with Gasteiger partial charge in [0.15, 0.2) is 0 Å². The third-order valence-electron chi connectivity index (χ3n) is 3.97. The fourth-order valence-electron chi connectivity index (χ4n) is 2.91. The molecule has 1 aromatic carbocycles. The van der Waals surface area contributed by atoms with Crippen molar-refractivity contribution in [3.8, 4) is 5.75 Å². The highest BCUT2D eigenvalue weighted by molar-refractivity contribution is 5.56. The van der Waals surface area contributed by atoms with Crippen LogP contribution in [0.5, 0.6) is 5.75 Å². The number of ether oxygens (including phenoxy) is 1. The minimum Gasteiger partial charge on any atom is -0.495 e. The molecule has 1 aromatic rings. The molecule has 17 heavy (non-hydrogen) atoms. The molecule has 1 N–H and O–H groups in total. The van der Waals surface area contributed by atoms with Gasteiger partial charge in [0, 0.05) is 6.04 Å². The van der Waals surface area contributed by atoms with Crippen LogP contribution in [-0.4, -0.2) is 13.2 Å². The third kappa shape index (κ3) is 2.74. The van der Waals surface area contributed by atoms with Crippen LogP contribution in [0.4, 0.5) is 5.69 Å². The number of benzene rings is 1. The Kier molecular flexibility index (Phi) is 3.93. The highest BCUT2D eigenvalue weighted by Gasteiger charge is 2.27. The smallest absolute Gasteiger partial charge is 0.141 e. The summed E-state index contributed by atoms with van der Waals surface area (Å²) >= 11 is 0. The first-order valence-electron chi connectivity index (χ1n) is 6.62. The summed E-state index contributed by atoms with van der Waals surface area (Å²) in [5.41, 5.74) is 1.13. The van der Waals surface area contributed by atoms with Gasteiger partial charge in [-0.05, 0) is 36.8 Å². The molecule has 0 heterocycles. The summed E-state index contributed by atoms with van der Waals surface area (Å²) < 4.78 is 5.39. The molecular formula is C15H23NO. The highest BCUT2D eigenvalue weighted by Crippen LogP contribution is 2.33. The normalized spacial score (nSPS) is 28.8. The standard InChI is InChI=1S/C15H23NO/c1-11-7-6-8-12(2)15(11)16-13-9-4-5-10-14(13)17-3/h4-5,9-12,15-16H,6-8H2,1-3H3. The molecule has 0 saturated heterocycles. The van der Waals surface area contributed by atoms with Gasteiger partial charge in [-0.1, -0.05) is 32.4 Å². The molecule has 0 bridgehead atoms. The van der Waals surface area contributed by atoms with Gasteiger partial charge in [-0.3, -0.25) is 0 Å². The predicted octanol–water partition coefficient (Wildman–Crippen LogP) is 3.93. The van der Waals surface area contributed by atoms with Crippen molar-refractivity contribution in [2.45, 2.75) is 39.2 Å². The van der Waals surface area contributed by atoms with E-state index in [1.54, 1.807) is 7.11 Å². The molecule has 1 fully saturated rings. The Hall–Kier alpha value is -1.18. The van der Waals surface area contributed by atoms with Gasteiger partial charge in [0.1, 0.15) is 5.75 Å². The summed E-state index contributed by atoms with van der Waals surface area (Å²) in [4.78, 5) is 0. The van der Waals surface area contributed by atoms with E-state index in [1.807, 2.05) is 12.1 Å². The number of rotatable bonds is 3. The van der Waals surface area contributed by atoms with Gasteiger partial charge >= 0.3 is 0 Å². The second-order valence-corrected chi connectivity index (χ2v) is 5.26. The number of hydrogen-bond donors (Lipinski definition) is 1. The summed E-state index contributed by atoms with van der Waals surface area (Å²) in [7, 11) is 1.73. The molecule has 2 nitrogen and oxygen atoms in total. The van der Waals surface area contributed by atoms with Gasteiger partial charge in [0.2, 0.25) is 0 Å². The quantitative estimate of drug-likeness (QED) is 0.854. The molecule has 94 valence electrons. The zero-order valence-corrected chi connectivity index (χ0v) is 11.1. The van der Waals surface area contributed by atoms with E-state index in [0.717, 1.165) is 23.3 Å². The minimum absolute atomic E-state index is 0.569.